The highest BCUT2D eigenvalue weighted by atomic mass is 35.5. The number of sulfonamides is 1. The molecule has 3 aromatic carbocycles. The fraction of sp³-hybridized carbons (Fsp3) is 0.100. The van der Waals surface area contributed by atoms with Crippen LogP contribution in [0.15, 0.2) is 78.2 Å². The lowest BCUT2D eigenvalue weighted by Gasteiger charge is -2.25. The van der Waals surface area contributed by atoms with Crippen LogP contribution in [0.5, 0.6) is 0 Å². The lowest BCUT2D eigenvalue weighted by molar-refractivity contribution is 0.593. The van der Waals surface area contributed by atoms with Gasteiger partial charge in [0.1, 0.15) is 0 Å². The van der Waals surface area contributed by atoms with Crippen LogP contribution in [-0.4, -0.2) is 15.0 Å². The number of halogens is 1. The summed E-state index contributed by atoms with van der Waals surface area (Å²) in [5.41, 5.74) is 1.39. The van der Waals surface area contributed by atoms with Gasteiger partial charge in [-0.1, -0.05) is 54.1 Å². The highest BCUT2D eigenvalue weighted by Crippen LogP contribution is 2.30. The number of hydrogen-bond acceptors (Lipinski definition) is 2. The van der Waals surface area contributed by atoms with Crippen molar-refractivity contribution in [2.75, 3.05) is 10.8 Å². The molecule has 0 saturated carbocycles. The van der Waals surface area contributed by atoms with Gasteiger partial charge in [0, 0.05) is 5.02 Å². The van der Waals surface area contributed by atoms with Crippen molar-refractivity contribution >= 4 is 38.1 Å². The SMILES string of the molecule is C=CCN(c1cc(Cl)ccc1C)S(=O)(=O)c1ccc2ccccc2c1. The Morgan fingerprint density at radius 3 is 2.48 bits per heavy atom. The molecule has 3 aromatic rings. The van der Waals surface area contributed by atoms with E-state index in [4.69, 9.17) is 11.6 Å². The number of fused-ring (bicyclic) bond motifs is 1. The Labute approximate surface area is 153 Å². The molecule has 0 heterocycles. The van der Waals surface area contributed by atoms with Crippen molar-refractivity contribution in [1.29, 1.82) is 0 Å². The molecule has 0 fully saturated rings. The third-order valence-electron chi connectivity index (χ3n) is 4.04. The Hall–Kier alpha value is -2.30. The molecular weight excluding hydrogens is 354 g/mol. The van der Waals surface area contributed by atoms with Crippen LogP contribution in [0.4, 0.5) is 5.69 Å². The van der Waals surface area contributed by atoms with Gasteiger partial charge in [-0.25, -0.2) is 8.42 Å². The molecule has 0 aliphatic carbocycles. The van der Waals surface area contributed by atoms with E-state index >= 15 is 0 Å². The normalized spacial score (nSPS) is 11.4. The summed E-state index contributed by atoms with van der Waals surface area (Å²) in [6.45, 7) is 5.72. The summed E-state index contributed by atoms with van der Waals surface area (Å²) in [6, 6.07) is 18.0. The summed E-state index contributed by atoms with van der Waals surface area (Å²) in [5.74, 6) is 0. The van der Waals surface area contributed by atoms with Crippen molar-refractivity contribution in [1.82, 2.24) is 0 Å². The number of anilines is 1. The number of aryl methyl sites for hydroxylation is 1. The molecule has 0 aliphatic rings. The van der Waals surface area contributed by atoms with Crippen LogP contribution in [0.25, 0.3) is 10.8 Å². The van der Waals surface area contributed by atoms with Gasteiger partial charge in [-0.2, -0.15) is 0 Å². The topological polar surface area (TPSA) is 37.4 Å². The van der Waals surface area contributed by atoms with Crippen LogP contribution in [0.2, 0.25) is 5.02 Å². The second kappa shape index (κ2) is 6.90. The van der Waals surface area contributed by atoms with Crippen LogP contribution in [-0.2, 0) is 10.0 Å². The van der Waals surface area contributed by atoms with Crippen LogP contribution in [0, 0.1) is 6.92 Å². The largest absolute Gasteiger partial charge is 0.264 e. The minimum Gasteiger partial charge on any atom is -0.262 e. The number of benzene rings is 3. The summed E-state index contributed by atoms with van der Waals surface area (Å²) in [4.78, 5) is 0.243. The first-order valence-corrected chi connectivity index (χ1v) is 9.64. The maximum Gasteiger partial charge on any atom is 0.264 e. The first-order valence-electron chi connectivity index (χ1n) is 7.82. The van der Waals surface area contributed by atoms with Gasteiger partial charge >= 0.3 is 0 Å². The molecule has 128 valence electrons. The molecule has 25 heavy (non-hydrogen) atoms. The summed E-state index contributed by atoms with van der Waals surface area (Å²) in [7, 11) is -3.74. The summed E-state index contributed by atoms with van der Waals surface area (Å²) >= 11 is 6.09. The summed E-state index contributed by atoms with van der Waals surface area (Å²) in [6.07, 6.45) is 1.57. The monoisotopic (exact) mass is 371 g/mol. The van der Waals surface area contributed by atoms with E-state index in [2.05, 4.69) is 6.58 Å². The van der Waals surface area contributed by atoms with E-state index in [9.17, 15) is 8.42 Å². The predicted octanol–water partition coefficient (Wildman–Crippen LogP) is 5.18. The van der Waals surface area contributed by atoms with Gasteiger partial charge < -0.3 is 0 Å². The number of hydrogen-bond donors (Lipinski definition) is 0. The van der Waals surface area contributed by atoms with Crippen LogP contribution < -0.4 is 4.31 Å². The second-order valence-electron chi connectivity index (χ2n) is 5.76. The molecule has 0 aromatic heterocycles. The molecule has 0 spiro atoms. The minimum atomic E-state index is -3.74. The third-order valence-corrected chi connectivity index (χ3v) is 6.05. The fourth-order valence-corrected chi connectivity index (χ4v) is 4.44. The van der Waals surface area contributed by atoms with E-state index in [1.165, 1.54) is 4.31 Å². The first-order chi connectivity index (χ1) is 11.9. The molecular formula is C20H18ClNO2S. The average molecular weight is 372 g/mol. The van der Waals surface area contributed by atoms with Crippen molar-refractivity contribution < 1.29 is 8.42 Å². The zero-order valence-corrected chi connectivity index (χ0v) is 15.4. The van der Waals surface area contributed by atoms with Gasteiger partial charge in [0.15, 0.2) is 0 Å². The summed E-state index contributed by atoms with van der Waals surface area (Å²) in [5, 5.41) is 2.36. The van der Waals surface area contributed by atoms with Gasteiger partial charge in [-0.15, -0.1) is 6.58 Å². The molecule has 0 N–H and O–H groups in total. The summed E-state index contributed by atoms with van der Waals surface area (Å²) < 4.78 is 27.9. The van der Waals surface area contributed by atoms with Gasteiger partial charge in [-0.05, 0) is 47.5 Å². The van der Waals surface area contributed by atoms with Crippen LogP contribution in [0.3, 0.4) is 0 Å². The second-order valence-corrected chi connectivity index (χ2v) is 8.06. The predicted molar refractivity (Wildman–Crippen MR) is 105 cm³/mol. The molecule has 0 amide bonds. The Morgan fingerprint density at radius 1 is 1.04 bits per heavy atom. The van der Waals surface area contributed by atoms with Crippen molar-refractivity contribution in [3.8, 4) is 0 Å². The van der Waals surface area contributed by atoms with Gasteiger partial charge in [0.05, 0.1) is 17.1 Å². The Kier molecular flexibility index (Phi) is 4.84. The molecule has 0 atom stereocenters. The Bertz CT molecular complexity index is 1040. The highest BCUT2D eigenvalue weighted by molar-refractivity contribution is 7.92. The van der Waals surface area contributed by atoms with Gasteiger partial charge in [0.2, 0.25) is 0 Å². The molecule has 0 aliphatic heterocycles. The fourth-order valence-electron chi connectivity index (χ4n) is 2.75. The van der Waals surface area contributed by atoms with E-state index in [1.807, 2.05) is 43.3 Å². The third kappa shape index (κ3) is 3.41. The van der Waals surface area contributed by atoms with E-state index in [-0.39, 0.29) is 11.4 Å². The number of rotatable bonds is 5. The molecule has 3 nitrogen and oxygen atoms in total. The van der Waals surface area contributed by atoms with E-state index in [1.54, 1.807) is 30.3 Å². The standard InChI is InChI=1S/C20H18ClNO2S/c1-3-12-22(20-14-18(21)10-8-15(20)2)25(23,24)19-11-9-16-6-4-5-7-17(16)13-19/h3-11,13-14H,1,12H2,2H3. The van der Waals surface area contributed by atoms with E-state index in [0.717, 1.165) is 16.3 Å². The van der Waals surface area contributed by atoms with Crippen molar-refractivity contribution in [2.45, 2.75) is 11.8 Å². The lowest BCUT2D eigenvalue weighted by Crippen LogP contribution is -2.31. The highest BCUT2D eigenvalue weighted by Gasteiger charge is 2.25. The lowest BCUT2D eigenvalue weighted by atomic mass is 10.1. The van der Waals surface area contributed by atoms with Crippen LogP contribution >= 0.6 is 11.6 Å². The average Bonchev–Trinajstić information content (AvgIpc) is 2.61. The molecule has 3 rings (SSSR count). The molecule has 5 heteroatoms. The van der Waals surface area contributed by atoms with Crippen molar-refractivity contribution in [3.05, 3.63) is 83.9 Å². The Morgan fingerprint density at radius 2 is 1.76 bits per heavy atom. The molecule has 0 unspecified atom stereocenters. The zero-order chi connectivity index (χ0) is 18.0. The Balaban J connectivity index is 2.16. The quantitative estimate of drug-likeness (QED) is 0.579. The molecule has 0 radical (unpaired) electrons. The van der Waals surface area contributed by atoms with Gasteiger partial charge in [0.25, 0.3) is 10.0 Å². The molecule has 0 bridgehead atoms. The maximum atomic E-state index is 13.3. The van der Waals surface area contributed by atoms with E-state index < -0.39 is 10.0 Å². The van der Waals surface area contributed by atoms with E-state index in [0.29, 0.717) is 10.7 Å². The van der Waals surface area contributed by atoms with Gasteiger partial charge in [-0.3, -0.25) is 4.31 Å². The minimum absolute atomic E-state index is 0.163. The smallest absolute Gasteiger partial charge is 0.262 e. The first kappa shape index (κ1) is 17.5. The maximum absolute atomic E-state index is 13.3. The number of nitrogens with zero attached hydrogens (tertiary/aromatic N) is 1. The van der Waals surface area contributed by atoms with Crippen molar-refractivity contribution in [2.24, 2.45) is 0 Å². The van der Waals surface area contributed by atoms with Crippen LogP contribution in [0.1, 0.15) is 5.56 Å². The molecule has 0 saturated heterocycles. The zero-order valence-electron chi connectivity index (χ0n) is 13.8. The van der Waals surface area contributed by atoms with Crippen molar-refractivity contribution in [3.63, 3.8) is 0 Å².